The maximum atomic E-state index is 8.98. The van der Waals surface area contributed by atoms with E-state index in [1.54, 1.807) is 0 Å². The van der Waals surface area contributed by atoms with Crippen molar-refractivity contribution in [3.8, 4) is 0 Å². The summed E-state index contributed by atoms with van der Waals surface area (Å²) in [6, 6.07) is 0. The summed E-state index contributed by atoms with van der Waals surface area (Å²) >= 11 is 0. The molecule has 0 aromatic rings. The molecule has 1 heterocycles. The molecule has 1 aliphatic rings. The van der Waals surface area contributed by atoms with Crippen LogP contribution in [-0.2, 0) is 35.8 Å². The number of aliphatic hydroxyl groups is 1. The molecule has 18 heavy (non-hydrogen) atoms. The Morgan fingerprint density at radius 3 is 1.89 bits per heavy atom. The van der Waals surface area contributed by atoms with Crippen molar-refractivity contribution in [2.24, 2.45) is 0 Å². The number of allylic oxidation sites excluding steroid dienone is 3. The van der Waals surface area contributed by atoms with E-state index in [2.05, 4.69) is 20.0 Å². The van der Waals surface area contributed by atoms with Gasteiger partial charge in [0.25, 0.3) is 0 Å². The van der Waals surface area contributed by atoms with E-state index < -0.39 is 6.29 Å². The summed E-state index contributed by atoms with van der Waals surface area (Å²) < 4.78 is 27.6. The van der Waals surface area contributed by atoms with E-state index in [1.807, 2.05) is 31.2 Å². The van der Waals surface area contributed by atoms with Crippen molar-refractivity contribution in [2.75, 3.05) is 0 Å². The Hall–Kier alpha value is -0.861. The minimum absolute atomic E-state index is 0. The molecule has 0 aliphatic carbocycles. The second-order valence-corrected chi connectivity index (χ2v) is 2.62. The predicted molar refractivity (Wildman–Crippen MR) is 55.9 cm³/mol. The maximum Gasteiger partial charge on any atom is 0 e. The quantitative estimate of drug-likeness (QED) is 0.362. The van der Waals surface area contributed by atoms with Crippen LogP contribution in [0.15, 0.2) is 24.3 Å². The fraction of sp³-hybridized carbons (Fsp3) is 0.417. The monoisotopic (exact) mass is 294 g/mol. The molecule has 1 rings (SSSR count). The van der Waals surface area contributed by atoms with E-state index in [0.717, 1.165) is 12.8 Å². The second-order valence-electron chi connectivity index (χ2n) is 2.62. The van der Waals surface area contributed by atoms with Gasteiger partial charge >= 0.3 is 33.9 Å². The van der Waals surface area contributed by atoms with Crippen molar-refractivity contribution in [2.45, 2.75) is 32.2 Å². The molecule has 6 heteroatoms. The van der Waals surface area contributed by atoms with Crippen molar-refractivity contribution in [3.05, 3.63) is 44.3 Å². The Morgan fingerprint density at radius 1 is 1.06 bits per heavy atom. The van der Waals surface area contributed by atoms with Crippen molar-refractivity contribution >= 4 is 0 Å². The van der Waals surface area contributed by atoms with Crippen LogP contribution in [0.1, 0.15) is 19.8 Å². The molecule has 1 fully saturated rings. The fourth-order valence-electron chi connectivity index (χ4n) is 1.09. The van der Waals surface area contributed by atoms with Crippen LogP contribution >= 0.6 is 0 Å². The first-order valence-corrected chi connectivity index (χ1v) is 4.57. The van der Waals surface area contributed by atoms with Gasteiger partial charge in [-0.1, -0.05) is 24.3 Å². The number of aliphatic hydroxyl groups excluding tert-OH is 1. The first kappa shape index (κ1) is 25.9. The third kappa shape index (κ3) is 17.5. The maximum absolute atomic E-state index is 8.98. The van der Waals surface area contributed by atoms with Crippen molar-refractivity contribution in [1.82, 2.24) is 0 Å². The predicted octanol–water partition coefficient (Wildman–Crippen LogP) is 1.50. The zero-order valence-electron chi connectivity index (χ0n) is 9.81. The fourth-order valence-corrected chi connectivity index (χ4v) is 1.09. The molecule has 0 aromatic heterocycles. The number of hydrogen-bond acceptors (Lipinski definition) is 2. The molecule has 5 nitrogen and oxygen atoms in total. The van der Waals surface area contributed by atoms with Gasteiger partial charge in [-0.25, -0.2) is 0 Å². The minimum atomic E-state index is -0.546. The SMILES string of the molecule is C/C=C/C=C/[C@@H]1CC[C@H](O)O1.[C-]#[O+].[C-]#[O+].[C-]#[O+].[Fe]. The van der Waals surface area contributed by atoms with Crippen molar-refractivity contribution in [1.29, 1.82) is 0 Å². The molecule has 0 unspecified atom stereocenters. The van der Waals surface area contributed by atoms with Gasteiger partial charge < -0.3 is 9.84 Å². The topological polar surface area (TPSA) is 89.2 Å². The van der Waals surface area contributed by atoms with Crippen LogP contribution in [0.25, 0.3) is 0 Å². The molecule has 1 saturated heterocycles. The molecule has 1 N–H and O–H groups in total. The van der Waals surface area contributed by atoms with Gasteiger partial charge in [-0.2, -0.15) is 0 Å². The number of hydrogen-bond donors (Lipinski definition) is 1. The van der Waals surface area contributed by atoms with E-state index in [0.29, 0.717) is 0 Å². The van der Waals surface area contributed by atoms with Gasteiger partial charge in [-0.15, -0.1) is 0 Å². The zero-order chi connectivity index (χ0) is 14.1. The van der Waals surface area contributed by atoms with Gasteiger partial charge in [0.2, 0.25) is 0 Å². The summed E-state index contributed by atoms with van der Waals surface area (Å²) in [6.07, 6.45) is 9.08. The van der Waals surface area contributed by atoms with Crippen LogP contribution in [0.3, 0.4) is 0 Å². The molecule has 0 radical (unpaired) electrons. The smallest absolute Gasteiger partial charge is 0 e. The van der Waals surface area contributed by atoms with Crippen LogP contribution in [0.5, 0.6) is 0 Å². The molecule has 0 saturated carbocycles. The molecular formula is C12H14FeO5. The van der Waals surface area contributed by atoms with E-state index >= 15 is 0 Å². The standard InChI is InChI=1S/C9H14O2.3CO.Fe/c1-2-3-4-5-8-6-7-9(10)11-8;3*1-2;/h2-5,8-10H,6-7H2,1H3;;;;/b3-2+,5-4+;;;;/t8-,9-;;;;/m1..../s1. The summed E-state index contributed by atoms with van der Waals surface area (Å²) in [6.45, 7) is 15.5. The first-order chi connectivity index (χ1) is 8.33. The zero-order valence-corrected chi connectivity index (χ0v) is 10.9. The molecular weight excluding hydrogens is 280 g/mol. The van der Waals surface area contributed by atoms with E-state index in [9.17, 15) is 0 Å². The van der Waals surface area contributed by atoms with Crippen LogP contribution in [0.4, 0.5) is 0 Å². The Kier molecular flexibility index (Phi) is 36.1. The Labute approximate surface area is 118 Å². The van der Waals surface area contributed by atoms with Crippen LogP contribution in [-0.4, -0.2) is 17.5 Å². The van der Waals surface area contributed by atoms with Crippen molar-refractivity contribution in [3.63, 3.8) is 0 Å². The molecule has 1 aliphatic heterocycles. The van der Waals surface area contributed by atoms with E-state index in [-0.39, 0.29) is 23.2 Å². The third-order valence-electron chi connectivity index (χ3n) is 1.66. The summed E-state index contributed by atoms with van der Waals surface area (Å²) in [4.78, 5) is 0. The normalized spacial score (nSPS) is 20.2. The Morgan fingerprint density at radius 2 is 1.56 bits per heavy atom. The Balaban J connectivity index is -0.000000123. The van der Waals surface area contributed by atoms with Crippen LogP contribution in [0.2, 0.25) is 0 Å². The molecule has 2 atom stereocenters. The Bertz CT molecular complexity index is 253. The summed E-state index contributed by atoms with van der Waals surface area (Å²) in [5.41, 5.74) is 0. The van der Waals surface area contributed by atoms with E-state index in [4.69, 9.17) is 23.8 Å². The molecule has 0 spiro atoms. The second kappa shape index (κ2) is 25.1. The third-order valence-corrected chi connectivity index (χ3v) is 1.66. The largest absolute Gasteiger partial charge is 0 e. The first-order valence-electron chi connectivity index (χ1n) is 4.57. The van der Waals surface area contributed by atoms with E-state index in [1.165, 1.54) is 0 Å². The van der Waals surface area contributed by atoms with Gasteiger partial charge in [0.15, 0.2) is 6.29 Å². The van der Waals surface area contributed by atoms with Gasteiger partial charge in [-0.3, -0.25) is 0 Å². The minimum Gasteiger partial charge on any atom is 0 e. The van der Waals surface area contributed by atoms with Crippen molar-refractivity contribution < 1.29 is 40.9 Å². The molecule has 0 aromatic carbocycles. The summed E-state index contributed by atoms with van der Waals surface area (Å²) in [5.74, 6) is 0. The van der Waals surface area contributed by atoms with Crippen LogP contribution < -0.4 is 0 Å². The molecule has 0 amide bonds. The van der Waals surface area contributed by atoms with Crippen LogP contribution in [0, 0.1) is 20.0 Å². The average molecular weight is 294 g/mol. The molecule has 0 bridgehead atoms. The number of rotatable bonds is 2. The summed E-state index contributed by atoms with van der Waals surface area (Å²) in [7, 11) is 0. The summed E-state index contributed by atoms with van der Waals surface area (Å²) in [5, 5.41) is 8.98. The molecule has 100 valence electrons. The van der Waals surface area contributed by atoms with Gasteiger partial charge in [0.1, 0.15) is 0 Å². The number of ether oxygens (including phenoxy) is 1. The average Bonchev–Trinajstić information content (AvgIpc) is 2.83. The van der Waals surface area contributed by atoms with Gasteiger partial charge in [0.05, 0.1) is 6.10 Å². The van der Waals surface area contributed by atoms with Gasteiger partial charge in [0, 0.05) is 23.5 Å². The van der Waals surface area contributed by atoms with Gasteiger partial charge in [-0.05, 0) is 13.3 Å².